The summed E-state index contributed by atoms with van der Waals surface area (Å²) in [6.07, 6.45) is 1.88. The molecule has 0 aliphatic rings. The predicted octanol–water partition coefficient (Wildman–Crippen LogP) is 2.62. The van der Waals surface area contributed by atoms with E-state index in [4.69, 9.17) is 11.6 Å². The summed E-state index contributed by atoms with van der Waals surface area (Å²) >= 11 is 6.09. The molecule has 0 aromatic heterocycles. The molecule has 1 rings (SSSR count). The SMILES string of the molecule is CCCCNC(=O)NC(=O)CN[C@H](C)c1ccccc1Cl. The van der Waals surface area contributed by atoms with Gasteiger partial charge in [-0.2, -0.15) is 0 Å². The minimum Gasteiger partial charge on any atom is -0.338 e. The Kier molecular flexibility index (Phi) is 7.79. The zero-order valence-electron chi connectivity index (χ0n) is 12.4. The van der Waals surface area contributed by atoms with Crippen LogP contribution in [0.4, 0.5) is 4.79 Å². The molecule has 0 bridgehead atoms. The predicted molar refractivity (Wildman–Crippen MR) is 84.3 cm³/mol. The smallest absolute Gasteiger partial charge is 0.321 e. The van der Waals surface area contributed by atoms with Crippen LogP contribution >= 0.6 is 11.6 Å². The third-order valence-electron chi connectivity index (χ3n) is 3.01. The molecular weight excluding hydrogens is 290 g/mol. The first-order chi connectivity index (χ1) is 10.0. The molecular formula is C15H22ClN3O2. The first-order valence-electron chi connectivity index (χ1n) is 7.10. The highest BCUT2D eigenvalue weighted by atomic mass is 35.5. The van der Waals surface area contributed by atoms with Crippen LogP contribution in [0.3, 0.4) is 0 Å². The van der Waals surface area contributed by atoms with Gasteiger partial charge in [0.25, 0.3) is 0 Å². The maximum absolute atomic E-state index is 11.6. The number of hydrogen-bond donors (Lipinski definition) is 3. The number of carbonyl (C=O) groups is 2. The molecule has 0 unspecified atom stereocenters. The van der Waals surface area contributed by atoms with Crippen LogP contribution in [0.1, 0.15) is 38.3 Å². The van der Waals surface area contributed by atoms with Gasteiger partial charge < -0.3 is 10.6 Å². The Bertz CT molecular complexity index is 480. The van der Waals surface area contributed by atoms with Gasteiger partial charge in [-0.15, -0.1) is 0 Å². The molecule has 0 radical (unpaired) electrons. The number of halogens is 1. The van der Waals surface area contributed by atoms with Crippen LogP contribution in [0, 0.1) is 0 Å². The second-order valence-electron chi connectivity index (χ2n) is 4.78. The van der Waals surface area contributed by atoms with Crippen LogP contribution < -0.4 is 16.0 Å². The number of benzene rings is 1. The average Bonchev–Trinajstić information content (AvgIpc) is 2.45. The van der Waals surface area contributed by atoms with Gasteiger partial charge in [0.15, 0.2) is 0 Å². The van der Waals surface area contributed by atoms with Crippen molar-refractivity contribution in [2.45, 2.75) is 32.7 Å². The lowest BCUT2D eigenvalue weighted by Gasteiger charge is -2.15. The van der Waals surface area contributed by atoms with E-state index in [1.54, 1.807) is 6.07 Å². The Labute approximate surface area is 130 Å². The third kappa shape index (κ3) is 6.60. The number of hydrogen-bond acceptors (Lipinski definition) is 3. The van der Waals surface area contributed by atoms with Crippen LogP contribution in [0.5, 0.6) is 0 Å². The van der Waals surface area contributed by atoms with Crippen molar-refractivity contribution in [1.29, 1.82) is 0 Å². The summed E-state index contributed by atoms with van der Waals surface area (Å²) in [6, 6.07) is 6.91. The van der Waals surface area contributed by atoms with E-state index in [2.05, 4.69) is 16.0 Å². The van der Waals surface area contributed by atoms with Gasteiger partial charge >= 0.3 is 6.03 Å². The fourth-order valence-electron chi connectivity index (χ4n) is 1.78. The minimum atomic E-state index is -0.458. The number of urea groups is 1. The van der Waals surface area contributed by atoms with Crippen molar-refractivity contribution in [3.8, 4) is 0 Å². The lowest BCUT2D eigenvalue weighted by Crippen LogP contribution is -2.44. The average molecular weight is 312 g/mol. The van der Waals surface area contributed by atoms with Gasteiger partial charge in [0, 0.05) is 17.6 Å². The third-order valence-corrected chi connectivity index (χ3v) is 3.35. The Morgan fingerprint density at radius 2 is 2.00 bits per heavy atom. The van der Waals surface area contributed by atoms with Crippen molar-refractivity contribution in [3.63, 3.8) is 0 Å². The largest absolute Gasteiger partial charge is 0.338 e. The molecule has 5 nitrogen and oxygen atoms in total. The van der Waals surface area contributed by atoms with Gasteiger partial charge in [-0.3, -0.25) is 10.1 Å². The van der Waals surface area contributed by atoms with Gasteiger partial charge in [0.05, 0.1) is 6.54 Å². The Balaban J connectivity index is 2.33. The van der Waals surface area contributed by atoms with Gasteiger partial charge in [0.2, 0.25) is 5.91 Å². The summed E-state index contributed by atoms with van der Waals surface area (Å²) in [5, 5.41) is 8.58. The quantitative estimate of drug-likeness (QED) is 0.678. The summed E-state index contributed by atoms with van der Waals surface area (Å²) in [6.45, 7) is 4.56. The molecule has 1 aromatic carbocycles. The first-order valence-corrected chi connectivity index (χ1v) is 7.48. The van der Waals surface area contributed by atoms with E-state index in [0.717, 1.165) is 18.4 Å². The van der Waals surface area contributed by atoms with Crippen LogP contribution in [0.2, 0.25) is 5.02 Å². The van der Waals surface area contributed by atoms with Crippen LogP contribution in [-0.4, -0.2) is 25.0 Å². The molecule has 116 valence electrons. The maximum atomic E-state index is 11.6. The molecule has 0 spiro atoms. The standard InChI is InChI=1S/C15H22ClN3O2/c1-3-4-9-17-15(21)19-14(20)10-18-11(2)12-7-5-6-8-13(12)16/h5-8,11,18H,3-4,9-10H2,1-2H3,(H2,17,19,20,21)/t11-/m1/s1. The van der Waals surface area contributed by atoms with Crippen LogP contribution in [0.15, 0.2) is 24.3 Å². The second-order valence-corrected chi connectivity index (χ2v) is 5.19. The van der Waals surface area contributed by atoms with E-state index in [-0.39, 0.29) is 18.5 Å². The first kappa shape index (κ1) is 17.5. The summed E-state index contributed by atoms with van der Waals surface area (Å²) in [5.74, 6) is -0.372. The Hall–Kier alpha value is -1.59. The molecule has 1 atom stereocenters. The van der Waals surface area contributed by atoms with Crippen LogP contribution in [0.25, 0.3) is 0 Å². The number of nitrogens with one attached hydrogen (secondary N) is 3. The monoisotopic (exact) mass is 311 g/mol. The zero-order chi connectivity index (χ0) is 15.7. The van der Waals surface area contributed by atoms with Gasteiger partial charge in [0.1, 0.15) is 0 Å². The fourth-order valence-corrected chi connectivity index (χ4v) is 2.08. The molecule has 0 aliphatic carbocycles. The molecule has 3 N–H and O–H groups in total. The van der Waals surface area contributed by atoms with Crippen molar-refractivity contribution in [3.05, 3.63) is 34.9 Å². The van der Waals surface area contributed by atoms with Crippen molar-refractivity contribution in [1.82, 2.24) is 16.0 Å². The number of carbonyl (C=O) groups excluding carboxylic acids is 2. The molecule has 0 saturated carbocycles. The number of amides is 3. The van der Waals surface area contributed by atoms with Crippen molar-refractivity contribution in [2.75, 3.05) is 13.1 Å². The van der Waals surface area contributed by atoms with Crippen molar-refractivity contribution < 1.29 is 9.59 Å². The normalized spacial score (nSPS) is 11.8. The molecule has 0 heterocycles. The highest BCUT2D eigenvalue weighted by Gasteiger charge is 2.11. The van der Waals surface area contributed by atoms with Gasteiger partial charge in [-0.05, 0) is 25.0 Å². The van der Waals surface area contributed by atoms with Crippen molar-refractivity contribution >= 4 is 23.5 Å². The molecule has 0 aliphatic heterocycles. The summed E-state index contributed by atoms with van der Waals surface area (Å²) in [4.78, 5) is 23.0. The lowest BCUT2D eigenvalue weighted by atomic mass is 10.1. The number of rotatable bonds is 7. The number of unbranched alkanes of at least 4 members (excludes halogenated alkanes) is 1. The topological polar surface area (TPSA) is 70.2 Å². The van der Waals surface area contributed by atoms with Crippen molar-refractivity contribution in [2.24, 2.45) is 0 Å². The van der Waals surface area contributed by atoms with Crippen LogP contribution in [-0.2, 0) is 4.79 Å². The molecule has 3 amide bonds. The van der Waals surface area contributed by atoms with E-state index in [0.29, 0.717) is 11.6 Å². The molecule has 0 saturated heterocycles. The minimum absolute atomic E-state index is 0.0492. The Morgan fingerprint density at radius 3 is 2.67 bits per heavy atom. The molecule has 1 aromatic rings. The van der Waals surface area contributed by atoms with E-state index >= 15 is 0 Å². The van der Waals surface area contributed by atoms with Gasteiger partial charge in [-0.25, -0.2) is 4.79 Å². The van der Waals surface area contributed by atoms with E-state index < -0.39 is 6.03 Å². The summed E-state index contributed by atoms with van der Waals surface area (Å²) < 4.78 is 0. The lowest BCUT2D eigenvalue weighted by molar-refractivity contribution is -0.119. The zero-order valence-corrected chi connectivity index (χ0v) is 13.2. The fraction of sp³-hybridized carbons (Fsp3) is 0.467. The summed E-state index contributed by atoms with van der Waals surface area (Å²) in [5.41, 5.74) is 0.916. The summed E-state index contributed by atoms with van der Waals surface area (Å²) in [7, 11) is 0. The molecule has 0 fully saturated rings. The second kappa shape index (κ2) is 9.37. The van der Waals surface area contributed by atoms with E-state index in [9.17, 15) is 9.59 Å². The molecule has 21 heavy (non-hydrogen) atoms. The van der Waals surface area contributed by atoms with E-state index in [1.807, 2.05) is 32.0 Å². The highest BCUT2D eigenvalue weighted by molar-refractivity contribution is 6.31. The highest BCUT2D eigenvalue weighted by Crippen LogP contribution is 2.21. The maximum Gasteiger partial charge on any atom is 0.321 e. The molecule has 6 heteroatoms. The van der Waals surface area contributed by atoms with E-state index in [1.165, 1.54) is 0 Å². The van der Waals surface area contributed by atoms with Gasteiger partial charge in [-0.1, -0.05) is 43.1 Å². The number of imide groups is 1. The Morgan fingerprint density at radius 1 is 1.29 bits per heavy atom.